The van der Waals surface area contributed by atoms with Crippen LogP contribution in [0.4, 0.5) is 15.3 Å². The van der Waals surface area contributed by atoms with Gasteiger partial charge in [-0.2, -0.15) is 0 Å². The number of amides is 4. The minimum absolute atomic E-state index is 0.000806. The predicted octanol–water partition coefficient (Wildman–Crippen LogP) is 7.07. The average Bonchev–Trinajstić information content (AvgIpc) is 3.47. The van der Waals surface area contributed by atoms with Crippen molar-refractivity contribution < 1.29 is 23.9 Å². The number of nitrogens with one attached hydrogen (secondary N) is 2. The van der Waals surface area contributed by atoms with Crippen molar-refractivity contribution in [1.82, 2.24) is 24.7 Å². The van der Waals surface area contributed by atoms with E-state index in [0.717, 1.165) is 65.0 Å². The Morgan fingerprint density at radius 1 is 0.980 bits per heavy atom. The Labute approximate surface area is 301 Å². The summed E-state index contributed by atoms with van der Waals surface area (Å²) < 4.78 is 13.2. The number of nitrogens with zero attached hydrogens (tertiary/aromatic N) is 4. The van der Waals surface area contributed by atoms with E-state index in [4.69, 9.17) is 14.5 Å². The lowest BCUT2D eigenvalue weighted by molar-refractivity contribution is -0.133. The summed E-state index contributed by atoms with van der Waals surface area (Å²) in [5.74, 6) is 1.13. The number of aromatic nitrogens is 2. The van der Waals surface area contributed by atoms with Crippen LogP contribution in [0.2, 0.25) is 0 Å². The SMILES string of the molecule is COCCCn1c([C@@H]2CCCN(C(=O)C[C@@H](Cc3ccc(-c4ccc(NC(=O)N(C)C)cc4)cc3)NC(=O)OC(C)(C)C)C2)nc2ccccc21. The maximum absolute atomic E-state index is 13.9. The minimum atomic E-state index is -0.667. The molecule has 1 fully saturated rings. The highest BCUT2D eigenvalue weighted by Gasteiger charge is 2.30. The molecule has 0 saturated carbocycles. The van der Waals surface area contributed by atoms with E-state index < -0.39 is 17.7 Å². The Morgan fingerprint density at radius 2 is 1.67 bits per heavy atom. The molecule has 2 atom stereocenters. The molecule has 51 heavy (non-hydrogen) atoms. The topological polar surface area (TPSA) is 118 Å². The van der Waals surface area contributed by atoms with Gasteiger partial charge in [0.2, 0.25) is 5.91 Å². The summed E-state index contributed by atoms with van der Waals surface area (Å²) >= 11 is 0. The van der Waals surface area contributed by atoms with Crippen LogP contribution < -0.4 is 10.6 Å². The summed E-state index contributed by atoms with van der Waals surface area (Å²) in [6.07, 6.45) is 2.79. The zero-order valence-electron chi connectivity index (χ0n) is 30.8. The smallest absolute Gasteiger partial charge is 0.407 e. The fraction of sp³-hybridized carbons (Fsp3) is 0.450. The lowest BCUT2D eigenvalue weighted by atomic mass is 9.95. The van der Waals surface area contributed by atoms with Gasteiger partial charge >= 0.3 is 12.1 Å². The highest BCUT2D eigenvalue weighted by Crippen LogP contribution is 2.30. The van der Waals surface area contributed by atoms with Crippen molar-refractivity contribution in [3.05, 3.63) is 84.2 Å². The number of aryl methyl sites for hydroxylation is 1. The van der Waals surface area contributed by atoms with E-state index in [9.17, 15) is 14.4 Å². The van der Waals surface area contributed by atoms with E-state index in [-0.39, 0.29) is 24.3 Å². The Bertz CT molecular complexity index is 1780. The molecule has 3 aromatic carbocycles. The summed E-state index contributed by atoms with van der Waals surface area (Å²) in [5, 5.41) is 5.84. The fourth-order valence-electron chi connectivity index (χ4n) is 6.51. The number of carbonyl (C=O) groups excluding carboxylic acids is 3. The van der Waals surface area contributed by atoms with Gasteiger partial charge in [0.1, 0.15) is 11.4 Å². The van der Waals surface area contributed by atoms with Crippen molar-refractivity contribution in [3.63, 3.8) is 0 Å². The quantitative estimate of drug-likeness (QED) is 0.153. The highest BCUT2D eigenvalue weighted by atomic mass is 16.6. The number of imidazole rings is 1. The van der Waals surface area contributed by atoms with Crippen LogP contribution in [0, 0.1) is 0 Å². The van der Waals surface area contributed by atoms with Crippen molar-refractivity contribution in [1.29, 1.82) is 0 Å². The van der Waals surface area contributed by atoms with E-state index in [1.54, 1.807) is 21.2 Å². The third kappa shape index (κ3) is 10.3. The van der Waals surface area contributed by atoms with Gasteiger partial charge in [-0.25, -0.2) is 14.6 Å². The maximum Gasteiger partial charge on any atom is 0.407 e. The molecule has 4 amide bonds. The molecule has 0 bridgehead atoms. The van der Waals surface area contributed by atoms with Crippen molar-refractivity contribution in [3.8, 4) is 11.1 Å². The van der Waals surface area contributed by atoms with Gasteiger partial charge in [0.25, 0.3) is 0 Å². The Balaban J connectivity index is 1.28. The second-order valence-electron chi connectivity index (χ2n) is 14.5. The second-order valence-corrected chi connectivity index (χ2v) is 14.5. The van der Waals surface area contributed by atoms with Gasteiger partial charge in [0.15, 0.2) is 0 Å². The number of ether oxygens (including phenoxy) is 2. The van der Waals surface area contributed by atoms with Crippen LogP contribution in [0.3, 0.4) is 0 Å². The molecule has 5 rings (SSSR count). The first-order valence-electron chi connectivity index (χ1n) is 17.8. The summed E-state index contributed by atoms with van der Waals surface area (Å²) in [4.78, 5) is 47.3. The molecule has 1 saturated heterocycles. The van der Waals surface area contributed by atoms with Crippen LogP contribution in [0.5, 0.6) is 0 Å². The Kier molecular flexibility index (Phi) is 12.4. The van der Waals surface area contributed by atoms with Crippen molar-refractivity contribution in [2.45, 2.75) is 77.0 Å². The molecule has 0 spiro atoms. The molecule has 11 nitrogen and oxygen atoms in total. The number of hydrogen-bond donors (Lipinski definition) is 2. The Hall–Kier alpha value is -4.90. The van der Waals surface area contributed by atoms with Gasteiger partial charge in [0, 0.05) is 71.5 Å². The lowest BCUT2D eigenvalue weighted by Crippen LogP contribution is -2.46. The normalized spacial score (nSPS) is 15.3. The molecule has 1 aliphatic rings. The largest absolute Gasteiger partial charge is 0.444 e. The van der Waals surface area contributed by atoms with Crippen LogP contribution >= 0.6 is 0 Å². The van der Waals surface area contributed by atoms with Gasteiger partial charge < -0.3 is 34.5 Å². The van der Waals surface area contributed by atoms with Crippen LogP contribution in [-0.4, -0.2) is 89.9 Å². The van der Waals surface area contributed by atoms with Crippen LogP contribution in [-0.2, 0) is 27.2 Å². The van der Waals surface area contributed by atoms with E-state index in [0.29, 0.717) is 26.1 Å². The molecule has 0 aliphatic carbocycles. The molecule has 1 aromatic heterocycles. The Morgan fingerprint density at radius 3 is 2.33 bits per heavy atom. The number of benzene rings is 3. The third-order valence-corrected chi connectivity index (χ3v) is 9.01. The molecular formula is C40H52N6O5. The molecule has 0 radical (unpaired) electrons. The molecule has 2 heterocycles. The lowest BCUT2D eigenvalue weighted by Gasteiger charge is -2.34. The number of fused-ring (bicyclic) bond motifs is 1. The van der Waals surface area contributed by atoms with E-state index in [1.807, 2.05) is 92.4 Å². The first-order valence-corrected chi connectivity index (χ1v) is 17.8. The first kappa shape index (κ1) is 37.4. The summed E-state index contributed by atoms with van der Waals surface area (Å²) in [6.45, 7) is 8.19. The molecule has 11 heteroatoms. The second kappa shape index (κ2) is 16.9. The summed E-state index contributed by atoms with van der Waals surface area (Å²) in [6, 6.07) is 23.3. The monoisotopic (exact) mass is 696 g/mol. The molecule has 2 N–H and O–H groups in total. The summed E-state index contributed by atoms with van der Waals surface area (Å²) in [5.41, 5.74) is 5.13. The average molecular weight is 697 g/mol. The van der Waals surface area contributed by atoms with Crippen molar-refractivity contribution in [2.75, 3.05) is 46.2 Å². The zero-order valence-corrected chi connectivity index (χ0v) is 30.8. The standard InChI is InChI=1S/C40H52N6O5/c1-40(2,3)51-39(49)42-33(25-28-14-16-29(17-15-28)30-18-20-32(21-19-30)41-38(48)44(4)5)26-36(47)45-22-9-11-31(27-45)37-43-34-12-7-8-13-35(34)46(37)23-10-24-50-6/h7-8,12-21,31,33H,9-11,22-27H2,1-6H3,(H,41,48)(H,42,49)/t31-,33-/m1/s1. The van der Waals surface area contributed by atoms with Gasteiger partial charge in [0.05, 0.1) is 11.0 Å². The molecule has 0 unspecified atom stereocenters. The predicted molar refractivity (Wildman–Crippen MR) is 201 cm³/mol. The number of likely N-dealkylation sites (tertiary alicyclic amines) is 1. The third-order valence-electron chi connectivity index (χ3n) is 9.01. The molecule has 1 aliphatic heterocycles. The number of anilines is 1. The number of methoxy groups -OCH3 is 1. The number of carbonyl (C=O) groups is 3. The van der Waals surface area contributed by atoms with Gasteiger partial charge in [-0.05, 0) is 87.4 Å². The van der Waals surface area contributed by atoms with Gasteiger partial charge in [-0.1, -0.05) is 48.5 Å². The van der Waals surface area contributed by atoms with E-state index in [1.165, 1.54) is 4.90 Å². The fourth-order valence-corrected chi connectivity index (χ4v) is 6.51. The van der Waals surface area contributed by atoms with Crippen LogP contribution in [0.1, 0.15) is 63.8 Å². The van der Waals surface area contributed by atoms with Crippen molar-refractivity contribution in [2.24, 2.45) is 0 Å². The number of hydrogen-bond acceptors (Lipinski definition) is 6. The molecular weight excluding hydrogens is 644 g/mol. The van der Waals surface area contributed by atoms with E-state index in [2.05, 4.69) is 21.3 Å². The van der Waals surface area contributed by atoms with Gasteiger partial charge in [-0.15, -0.1) is 0 Å². The number of urea groups is 1. The number of piperidine rings is 1. The number of para-hydroxylation sites is 2. The van der Waals surface area contributed by atoms with Crippen LogP contribution in [0.25, 0.3) is 22.2 Å². The van der Waals surface area contributed by atoms with Crippen molar-refractivity contribution >= 4 is 34.8 Å². The maximum atomic E-state index is 13.9. The first-order chi connectivity index (χ1) is 24.4. The zero-order chi connectivity index (χ0) is 36.5. The van der Waals surface area contributed by atoms with Gasteiger partial charge in [-0.3, -0.25) is 4.79 Å². The molecule has 4 aromatic rings. The highest BCUT2D eigenvalue weighted by molar-refractivity contribution is 5.89. The van der Waals surface area contributed by atoms with Crippen LogP contribution in [0.15, 0.2) is 72.8 Å². The van der Waals surface area contributed by atoms with E-state index >= 15 is 0 Å². The summed E-state index contributed by atoms with van der Waals surface area (Å²) in [7, 11) is 5.11. The number of alkyl carbamates (subject to hydrolysis) is 1. The minimum Gasteiger partial charge on any atom is -0.444 e. The molecule has 272 valence electrons. The number of rotatable bonds is 12.